The van der Waals surface area contributed by atoms with E-state index in [4.69, 9.17) is 11.6 Å². The highest BCUT2D eigenvalue weighted by molar-refractivity contribution is 6.29. The van der Waals surface area contributed by atoms with E-state index in [1.54, 1.807) is 4.90 Å². The first-order chi connectivity index (χ1) is 7.59. The van der Waals surface area contributed by atoms with E-state index < -0.39 is 5.82 Å². The summed E-state index contributed by atoms with van der Waals surface area (Å²) < 4.78 is 13.2. The number of carbonyl (C=O) groups excluding carboxylic acids is 1. The van der Waals surface area contributed by atoms with Crippen molar-refractivity contribution in [2.45, 2.75) is 25.8 Å². The van der Waals surface area contributed by atoms with Crippen LogP contribution in [0.2, 0.25) is 5.15 Å². The summed E-state index contributed by atoms with van der Waals surface area (Å²) >= 11 is 5.46. The molecule has 86 valence electrons. The summed E-state index contributed by atoms with van der Waals surface area (Å²) in [6.07, 6.45) is 3.31. The van der Waals surface area contributed by atoms with Gasteiger partial charge in [0.25, 0.3) is 5.91 Å². The van der Waals surface area contributed by atoms with Gasteiger partial charge in [0.2, 0.25) is 0 Å². The Bertz CT molecular complexity index is 424. The summed E-state index contributed by atoms with van der Waals surface area (Å²) in [6.45, 7) is 2.72. The second-order valence-electron chi connectivity index (χ2n) is 3.99. The molecule has 5 heteroatoms. The summed E-state index contributed by atoms with van der Waals surface area (Å²) in [5.74, 6) is -0.826. The Hall–Kier alpha value is -1.16. The van der Waals surface area contributed by atoms with Crippen LogP contribution in [0, 0.1) is 5.82 Å². The highest BCUT2D eigenvalue weighted by atomic mass is 35.5. The van der Waals surface area contributed by atoms with E-state index in [9.17, 15) is 9.18 Å². The molecule has 0 radical (unpaired) electrons. The van der Waals surface area contributed by atoms with Crippen LogP contribution in [-0.2, 0) is 0 Å². The van der Waals surface area contributed by atoms with Gasteiger partial charge in [-0.3, -0.25) is 4.79 Å². The first-order valence-corrected chi connectivity index (χ1v) is 5.59. The number of carbonyl (C=O) groups is 1. The molecule has 1 atom stereocenters. The van der Waals surface area contributed by atoms with Gasteiger partial charge in [-0.2, -0.15) is 0 Å². The van der Waals surface area contributed by atoms with Gasteiger partial charge < -0.3 is 4.90 Å². The van der Waals surface area contributed by atoms with E-state index in [-0.39, 0.29) is 22.7 Å². The van der Waals surface area contributed by atoms with Crippen molar-refractivity contribution in [3.8, 4) is 0 Å². The first kappa shape index (κ1) is 11.3. The lowest BCUT2D eigenvalue weighted by Gasteiger charge is -2.21. The number of amides is 1. The third-order valence-corrected chi connectivity index (χ3v) is 3.14. The number of rotatable bonds is 1. The number of likely N-dealkylation sites (tertiary alicyclic amines) is 1. The van der Waals surface area contributed by atoms with E-state index >= 15 is 0 Å². The maximum Gasteiger partial charge on any atom is 0.255 e. The topological polar surface area (TPSA) is 33.2 Å². The normalized spacial score (nSPS) is 20.2. The van der Waals surface area contributed by atoms with Crippen LogP contribution in [0.1, 0.15) is 30.1 Å². The Balaban J connectivity index is 2.23. The fourth-order valence-electron chi connectivity index (χ4n) is 1.94. The van der Waals surface area contributed by atoms with Crippen LogP contribution < -0.4 is 0 Å². The van der Waals surface area contributed by atoms with E-state index in [2.05, 4.69) is 4.98 Å². The lowest BCUT2D eigenvalue weighted by Crippen LogP contribution is -2.33. The first-order valence-electron chi connectivity index (χ1n) is 5.21. The van der Waals surface area contributed by atoms with Crippen molar-refractivity contribution in [2.24, 2.45) is 0 Å². The van der Waals surface area contributed by atoms with Gasteiger partial charge in [-0.25, -0.2) is 9.37 Å². The molecule has 0 aliphatic carbocycles. The average molecular weight is 243 g/mol. The van der Waals surface area contributed by atoms with Gasteiger partial charge in [-0.05, 0) is 25.8 Å². The zero-order valence-corrected chi connectivity index (χ0v) is 9.67. The minimum absolute atomic E-state index is 0.173. The van der Waals surface area contributed by atoms with Gasteiger partial charge in [-0.1, -0.05) is 11.6 Å². The number of aromatic nitrogens is 1. The lowest BCUT2D eigenvalue weighted by atomic mass is 10.2. The van der Waals surface area contributed by atoms with Gasteiger partial charge in [0.05, 0.1) is 5.56 Å². The lowest BCUT2D eigenvalue weighted by molar-refractivity contribution is 0.0746. The zero-order chi connectivity index (χ0) is 11.7. The molecule has 2 rings (SSSR count). The van der Waals surface area contributed by atoms with Gasteiger partial charge in [0.15, 0.2) is 11.0 Å². The third-order valence-electron chi connectivity index (χ3n) is 2.86. The summed E-state index contributed by atoms with van der Waals surface area (Å²) in [7, 11) is 0. The summed E-state index contributed by atoms with van der Waals surface area (Å²) in [4.78, 5) is 17.4. The molecule has 1 aliphatic rings. The maximum absolute atomic E-state index is 13.2. The Kier molecular flexibility index (Phi) is 3.10. The molecule has 3 nitrogen and oxygen atoms in total. The fourth-order valence-corrected chi connectivity index (χ4v) is 2.04. The van der Waals surface area contributed by atoms with E-state index in [1.165, 1.54) is 6.20 Å². The largest absolute Gasteiger partial charge is 0.336 e. The van der Waals surface area contributed by atoms with Crippen molar-refractivity contribution in [1.82, 2.24) is 9.88 Å². The third kappa shape index (κ3) is 2.02. The zero-order valence-electron chi connectivity index (χ0n) is 8.91. The second kappa shape index (κ2) is 4.37. The van der Waals surface area contributed by atoms with E-state index in [1.807, 2.05) is 6.92 Å². The summed E-state index contributed by atoms with van der Waals surface area (Å²) in [5.41, 5.74) is 0.260. The number of halogens is 2. The molecule has 1 aliphatic heterocycles. The fraction of sp³-hybridized carbons (Fsp3) is 0.455. The Labute approximate surface area is 98.2 Å². The van der Waals surface area contributed by atoms with Crippen molar-refractivity contribution < 1.29 is 9.18 Å². The smallest absolute Gasteiger partial charge is 0.255 e. The van der Waals surface area contributed by atoms with Crippen LogP contribution in [-0.4, -0.2) is 28.4 Å². The molecule has 16 heavy (non-hydrogen) atoms. The molecular formula is C11H12ClFN2O. The van der Waals surface area contributed by atoms with Crippen molar-refractivity contribution in [3.05, 3.63) is 28.8 Å². The molecule has 0 saturated carbocycles. The molecule has 1 fully saturated rings. The minimum atomic E-state index is -0.653. The van der Waals surface area contributed by atoms with E-state index in [0.717, 1.165) is 25.5 Å². The van der Waals surface area contributed by atoms with Crippen LogP contribution in [0.25, 0.3) is 0 Å². The molecule has 0 bridgehead atoms. The van der Waals surface area contributed by atoms with Crippen LogP contribution in [0.15, 0.2) is 12.3 Å². The minimum Gasteiger partial charge on any atom is -0.336 e. The Morgan fingerprint density at radius 2 is 2.44 bits per heavy atom. The quantitative estimate of drug-likeness (QED) is 0.709. The molecule has 0 spiro atoms. The molecule has 0 aromatic carbocycles. The highest BCUT2D eigenvalue weighted by Gasteiger charge is 2.26. The molecule has 1 saturated heterocycles. The average Bonchev–Trinajstić information content (AvgIpc) is 2.67. The molecule has 1 aromatic heterocycles. The van der Waals surface area contributed by atoms with Crippen molar-refractivity contribution in [1.29, 1.82) is 0 Å². The molecular weight excluding hydrogens is 231 g/mol. The van der Waals surface area contributed by atoms with Crippen molar-refractivity contribution in [3.63, 3.8) is 0 Å². The molecule has 0 N–H and O–H groups in total. The van der Waals surface area contributed by atoms with Crippen molar-refractivity contribution in [2.75, 3.05) is 6.54 Å². The summed E-state index contributed by atoms with van der Waals surface area (Å²) in [6, 6.07) is 1.36. The van der Waals surface area contributed by atoms with Gasteiger partial charge in [0.1, 0.15) is 0 Å². The Morgan fingerprint density at radius 1 is 1.69 bits per heavy atom. The predicted octanol–water partition coefficient (Wildman–Crippen LogP) is 2.50. The predicted molar refractivity (Wildman–Crippen MR) is 58.9 cm³/mol. The molecule has 1 aromatic rings. The number of pyridine rings is 1. The standard InChI is InChI=1S/C11H12ClFN2O/c1-7-3-2-4-15(7)11(16)8-5-9(13)10(12)14-6-8/h5-7H,2-4H2,1H3/t7-/m1/s1. The molecule has 1 amide bonds. The number of hydrogen-bond donors (Lipinski definition) is 0. The second-order valence-corrected chi connectivity index (χ2v) is 4.34. The van der Waals surface area contributed by atoms with Gasteiger partial charge in [-0.15, -0.1) is 0 Å². The van der Waals surface area contributed by atoms with Crippen LogP contribution >= 0.6 is 11.6 Å². The van der Waals surface area contributed by atoms with Crippen LogP contribution in [0.5, 0.6) is 0 Å². The summed E-state index contributed by atoms with van der Waals surface area (Å²) in [5, 5.41) is -0.203. The highest BCUT2D eigenvalue weighted by Crippen LogP contribution is 2.20. The van der Waals surface area contributed by atoms with Crippen LogP contribution in [0.4, 0.5) is 4.39 Å². The van der Waals surface area contributed by atoms with Crippen LogP contribution in [0.3, 0.4) is 0 Å². The van der Waals surface area contributed by atoms with Crippen molar-refractivity contribution >= 4 is 17.5 Å². The SMILES string of the molecule is C[C@@H]1CCCN1C(=O)c1cnc(Cl)c(F)c1. The number of hydrogen-bond acceptors (Lipinski definition) is 2. The number of nitrogens with zero attached hydrogens (tertiary/aromatic N) is 2. The van der Waals surface area contributed by atoms with Gasteiger partial charge in [0, 0.05) is 18.8 Å². The molecule has 2 heterocycles. The maximum atomic E-state index is 13.2. The monoisotopic (exact) mass is 242 g/mol. The molecule has 0 unspecified atom stereocenters. The Morgan fingerprint density at radius 3 is 3.00 bits per heavy atom. The van der Waals surface area contributed by atoms with E-state index in [0.29, 0.717) is 0 Å². The van der Waals surface area contributed by atoms with Gasteiger partial charge >= 0.3 is 0 Å².